The summed E-state index contributed by atoms with van der Waals surface area (Å²) in [6.07, 6.45) is 4.78. The van der Waals surface area contributed by atoms with Crippen molar-refractivity contribution in [3.05, 3.63) is 149 Å². The van der Waals surface area contributed by atoms with Crippen molar-refractivity contribution in [1.82, 2.24) is 5.32 Å². The number of rotatable bonds is 10. The molecule has 5 rings (SSSR count). The van der Waals surface area contributed by atoms with Gasteiger partial charge in [-0.2, -0.15) is 0 Å². The molecule has 0 spiro atoms. The second-order valence-electron chi connectivity index (χ2n) is 9.76. The van der Waals surface area contributed by atoms with Crippen LogP contribution in [0.1, 0.15) is 31.8 Å². The Kier molecular flexibility index (Phi) is 9.27. The molecule has 2 N–H and O–H groups in total. The first-order chi connectivity index (χ1) is 21.5. The van der Waals surface area contributed by atoms with Crippen LogP contribution in [0.25, 0.3) is 22.9 Å². The van der Waals surface area contributed by atoms with E-state index in [1.165, 1.54) is 6.08 Å². The maximum absolute atomic E-state index is 13.5. The molecule has 0 bridgehead atoms. The van der Waals surface area contributed by atoms with Gasteiger partial charge in [0.15, 0.2) is 17.3 Å². The first-order valence-electron chi connectivity index (χ1n) is 13.9. The van der Waals surface area contributed by atoms with Crippen LogP contribution >= 0.6 is 0 Å². The largest absolute Gasteiger partial charge is 0.493 e. The average molecular weight is 583 g/mol. The van der Waals surface area contributed by atoms with Crippen LogP contribution in [0.2, 0.25) is 0 Å². The number of benzene rings is 5. The zero-order valence-corrected chi connectivity index (χ0v) is 24.2. The molecule has 0 unspecified atom stereocenters. The van der Waals surface area contributed by atoms with E-state index in [1.807, 2.05) is 60.7 Å². The van der Waals surface area contributed by atoms with Crippen molar-refractivity contribution in [2.45, 2.75) is 0 Å². The number of anilines is 1. The minimum absolute atomic E-state index is 0.0746. The van der Waals surface area contributed by atoms with Crippen molar-refractivity contribution >= 4 is 46.2 Å². The van der Waals surface area contributed by atoms with Crippen LogP contribution in [0.5, 0.6) is 11.5 Å². The van der Waals surface area contributed by atoms with Gasteiger partial charge in [-0.3, -0.25) is 14.4 Å². The van der Waals surface area contributed by atoms with Gasteiger partial charge in [0, 0.05) is 22.4 Å². The van der Waals surface area contributed by atoms with Crippen LogP contribution in [0.3, 0.4) is 0 Å². The van der Waals surface area contributed by atoms with E-state index in [1.54, 1.807) is 81.0 Å². The van der Waals surface area contributed by atoms with Crippen molar-refractivity contribution in [3.8, 4) is 11.5 Å². The Labute approximate surface area is 255 Å². The first-order valence-corrected chi connectivity index (χ1v) is 13.9. The number of para-hydroxylation sites is 1. The standard InChI is InChI=1S/C37H30N2O5/c1-43-34-17-9-14-27(35(34)44-2)20-23-33(40)26-18-21-30(22-19-26)38-37(42)32(39-36(41)28-11-4-3-5-12-28)24-29-15-8-13-25-10-6-7-16-31(25)29/h3-24H,1-2H3,(H,38,42)(H,39,41)/b23-20+,32-24-. The lowest BCUT2D eigenvalue weighted by Crippen LogP contribution is -2.30. The molecular weight excluding hydrogens is 552 g/mol. The van der Waals surface area contributed by atoms with Gasteiger partial charge in [0.25, 0.3) is 11.8 Å². The van der Waals surface area contributed by atoms with Crippen molar-refractivity contribution in [1.29, 1.82) is 0 Å². The number of hydrogen-bond donors (Lipinski definition) is 2. The first kappa shape index (κ1) is 29.5. The van der Waals surface area contributed by atoms with E-state index >= 15 is 0 Å². The van der Waals surface area contributed by atoms with Crippen molar-refractivity contribution < 1.29 is 23.9 Å². The summed E-state index contributed by atoms with van der Waals surface area (Å²) >= 11 is 0. The fourth-order valence-corrected chi connectivity index (χ4v) is 4.70. The van der Waals surface area contributed by atoms with Gasteiger partial charge >= 0.3 is 0 Å². The predicted molar refractivity (Wildman–Crippen MR) is 174 cm³/mol. The van der Waals surface area contributed by atoms with E-state index in [4.69, 9.17) is 9.47 Å². The van der Waals surface area contributed by atoms with Gasteiger partial charge < -0.3 is 20.1 Å². The molecule has 44 heavy (non-hydrogen) atoms. The minimum atomic E-state index is -0.508. The van der Waals surface area contributed by atoms with Crippen LogP contribution in [-0.2, 0) is 4.79 Å². The Hall–Kier alpha value is -5.95. The molecular formula is C37H30N2O5. The maximum atomic E-state index is 13.5. The predicted octanol–water partition coefficient (Wildman–Crippen LogP) is 7.16. The molecule has 0 aliphatic heterocycles. The summed E-state index contributed by atoms with van der Waals surface area (Å²) in [5.74, 6) is -0.0433. The quantitative estimate of drug-likeness (QED) is 0.135. The van der Waals surface area contributed by atoms with Crippen LogP contribution in [0.15, 0.2) is 127 Å². The highest BCUT2D eigenvalue weighted by atomic mass is 16.5. The van der Waals surface area contributed by atoms with Crippen LogP contribution in [0.4, 0.5) is 5.69 Å². The number of ether oxygens (including phenoxy) is 2. The Balaban J connectivity index is 1.36. The summed E-state index contributed by atoms with van der Waals surface area (Å²) in [6.45, 7) is 0. The lowest BCUT2D eigenvalue weighted by Gasteiger charge is -2.12. The summed E-state index contributed by atoms with van der Waals surface area (Å²) in [5.41, 5.74) is 2.87. The van der Waals surface area contributed by atoms with Gasteiger partial charge in [0.1, 0.15) is 5.70 Å². The fourth-order valence-electron chi connectivity index (χ4n) is 4.70. The number of methoxy groups -OCH3 is 2. The molecule has 5 aromatic rings. The molecule has 0 fully saturated rings. The topological polar surface area (TPSA) is 93.7 Å². The van der Waals surface area contributed by atoms with E-state index in [0.717, 1.165) is 16.3 Å². The number of carbonyl (C=O) groups excluding carboxylic acids is 3. The van der Waals surface area contributed by atoms with Crippen molar-refractivity contribution in [2.24, 2.45) is 0 Å². The lowest BCUT2D eigenvalue weighted by atomic mass is 10.0. The molecule has 2 amide bonds. The van der Waals surface area contributed by atoms with Gasteiger partial charge in [-0.25, -0.2) is 0 Å². The smallest absolute Gasteiger partial charge is 0.272 e. The summed E-state index contributed by atoms with van der Waals surface area (Å²) in [5, 5.41) is 7.56. The zero-order chi connectivity index (χ0) is 30.9. The van der Waals surface area contributed by atoms with E-state index in [0.29, 0.717) is 33.9 Å². The molecule has 0 saturated carbocycles. The summed E-state index contributed by atoms with van der Waals surface area (Å²) in [7, 11) is 3.09. The summed E-state index contributed by atoms with van der Waals surface area (Å²) < 4.78 is 10.7. The second kappa shape index (κ2) is 13.8. The Bertz CT molecular complexity index is 1870. The molecule has 0 aliphatic rings. The molecule has 0 aromatic heterocycles. The van der Waals surface area contributed by atoms with Crippen LogP contribution < -0.4 is 20.1 Å². The maximum Gasteiger partial charge on any atom is 0.272 e. The second-order valence-corrected chi connectivity index (χ2v) is 9.76. The SMILES string of the molecule is COc1cccc(/C=C/C(=O)c2ccc(NC(=O)/C(=C/c3cccc4ccccc34)NC(=O)c3ccccc3)cc2)c1OC. The Morgan fingerprint density at radius 2 is 1.34 bits per heavy atom. The van der Waals surface area contributed by atoms with E-state index < -0.39 is 11.8 Å². The highest BCUT2D eigenvalue weighted by molar-refractivity contribution is 6.12. The normalized spacial score (nSPS) is 11.3. The van der Waals surface area contributed by atoms with Gasteiger partial charge in [-0.15, -0.1) is 0 Å². The molecule has 0 aliphatic carbocycles. The van der Waals surface area contributed by atoms with Gasteiger partial charge in [0.05, 0.1) is 14.2 Å². The molecule has 7 nitrogen and oxygen atoms in total. The molecule has 0 heterocycles. The van der Waals surface area contributed by atoms with Gasteiger partial charge in [0.2, 0.25) is 0 Å². The number of ketones is 1. The van der Waals surface area contributed by atoms with Crippen molar-refractivity contribution in [2.75, 3.05) is 19.5 Å². The monoisotopic (exact) mass is 582 g/mol. The average Bonchev–Trinajstić information content (AvgIpc) is 3.07. The van der Waals surface area contributed by atoms with Crippen LogP contribution in [-0.4, -0.2) is 31.8 Å². The molecule has 0 saturated heterocycles. The Morgan fingerprint density at radius 1 is 0.659 bits per heavy atom. The number of allylic oxidation sites excluding steroid dienone is 1. The van der Waals surface area contributed by atoms with E-state index in [9.17, 15) is 14.4 Å². The fraction of sp³-hybridized carbons (Fsp3) is 0.0541. The molecule has 7 heteroatoms. The van der Waals surface area contributed by atoms with Crippen molar-refractivity contribution in [3.63, 3.8) is 0 Å². The number of hydrogen-bond acceptors (Lipinski definition) is 5. The molecule has 218 valence electrons. The third-order valence-corrected chi connectivity index (χ3v) is 6.93. The highest BCUT2D eigenvalue weighted by Crippen LogP contribution is 2.31. The number of amides is 2. The highest BCUT2D eigenvalue weighted by Gasteiger charge is 2.16. The third kappa shape index (κ3) is 6.91. The van der Waals surface area contributed by atoms with E-state index in [2.05, 4.69) is 10.6 Å². The lowest BCUT2D eigenvalue weighted by molar-refractivity contribution is -0.113. The van der Waals surface area contributed by atoms with Gasteiger partial charge in [-0.05, 0) is 77.0 Å². The zero-order valence-electron chi connectivity index (χ0n) is 24.2. The third-order valence-electron chi connectivity index (χ3n) is 6.93. The number of fused-ring (bicyclic) bond motifs is 1. The van der Waals surface area contributed by atoms with Gasteiger partial charge in [-0.1, -0.05) is 72.8 Å². The number of nitrogens with one attached hydrogen (secondary N) is 2. The Morgan fingerprint density at radius 3 is 2.09 bits per heavy atom. The van der Waals surface area contributed by atoms with E-state index in [-0.39, 0.29) is 11.5 Å². The molecule has 0 radical (unpaired) electrons. The molecule has 0 atom stereocenters. The number of carbonyl (C=O) groups is 3. The summed E-state index contributed by atoms with van der Waals surface area (Å²) in [6, 6.07) is 34.2. The van der Waals surface area contributed by atoms with Crippen LogP contribution in [0, 0.1) is 0 Å². The summed E-state index contributed by atoms with van der Waals surface area (Å²) in [4.78, 5) is 39.4. The minimum Gasteiger partial charge on any atom is -0.493 e. The molecule has 5 aromatic carbocycles.